The maximum Gasteiger partial charge on any atom is 0.415 e. The monoisotopic (exact) mass is 287 g/mol. The predicted octanol–water partition coefficient (Wildman–Crippen LogP) is 3.01. The molecule has 0 aliphatic carbocycles. The SMILES string of the molecule is O[C@H](CNCc1ccc(Cl)cc1Cl)C(F)(F)F. The topological polar surface area (TPSA) is 32.3 Å². The van der Waals surface area contributed by atoms with Gasteiger partial charge in [-0.3, -0.25) is 0 Å². The molecule has 96 valence electrons. The van der Waals surface area contributed by atoms with Crippen molar-refractivity contribution in [3.8, 4) is 0 Å². The number of rotatable bonds is 4. The van der Waals surface area contributed by atoms with Crippen LogP contribution in [0.1, 0.15) is 5.56 Å². The smallest absolute Gasteiger partial charge is 0.382 e. The van der Waals surface area contributed by atoms with Gasteiger partial charge >= 0.3 is 6.18 Å². The summed E-state index contributed by atoms with van der Waals surface area (Å²) in [6.07, 6.45) is -7.00. The molecule has 0 spiro atoms. The molecule has 0 fully saturated rings. The molecule has 0 aromatic heterocycles. The molecule has 1 rings (SSSR count). The van der Waals surface area contributed by atoms with Gasteiger partial charge in [0, 0.05) is 23.1 Å². The summed E-state index contributed by atoms with van der Waals surface area (Å²) in [6.45, 7) is -0.453. The molecule has 0 amide bonds. The van der Waals surface area contributed by atoms with Crippen molar-refractivity contribution in [1.29, 1.82) is 0 Å². The Morgan fingerprint density at radius 2 is 1.94 bits per heavy atom. The van der Waals surface area contributed by atoms with Gasteiger partial charge in [0.2, 0.25) is 0 Å². The number of hydrogen-bond acceptors (Lipinski definition) is 2. The predicted molar refractivity (Wildman–Crippen MR) is 60.2 cm³/mol. The lowest BCUT2D eigenvalue weighted by Gasteiger charge is -2.15. The average molecular weight is 288 g/mol. The molecular weight excluding hydrogens is 278 g/mol. The van der Waals surface area contributed by atoms with Gasteiger partial charge in [-0.1, -0.05) is 29.3 Å². The number of alkyl halides is 3. The van der Waals surface area contributed by atoms with E-state index in [4.69, 9.17) is 28.3 Å². The second-order valence-corrected chi connectivity index (χ2v) is 4.27. The fourth-order valence-corrected chi connectivity index (χ4v) is 1.60. The molecule has 2 N–H and O–H groups in total. The summed E-state index contributed by atoms with van der Waals surface area (Å²) in [7, 11) is 0. The van der Waals surface area contributed by atoms with Crippen LogP contribution in [0, 0.1) is 0 Å². The van der Waals surface area contributed by atoms with Crippen molar-refractivity contribution in [2.24, 2.45) is 0 Å². The van der Waals surface area contributed by atoms with Crippen molar-refractivity contribution >= 4 is 23.2 Å². The Labute approximate surface area is 106 Å². The summed E-state index contributed by atoms with van der Waals surface area (Å²) in [5, 5.41) is 12.0. The number of nitrogens with one attached hydrogen (secondary N) is 1. The third-order valence-corrected chi connectivity index (χ3v) is 2.63. The molecule has 0 aliphatic rings. The molecule has 1 atom stereocenters. The van der Waals surface area contributed by atoms with E-state index in [9.17, 15) is 13.2 Å². The van der Waals surface area contributed by atoms with Gasteiger partial charge in [0.25, 0.3) is 0 Å². The largest absolute Gasteiger partial charge is 0.415 e. The molecule has 0 aliphatic heterocycles. The first-order valence-corrected chi connectivity index (χ1v) is 5.45. The maximum atomic E-state index is 12.0. The Bertz CT molecular complexity index is 384. The molecule has 0 heterocycles. The molecule has 0 saturated carbocycles. The molecule has 1 aromatic rings. The van der Waals surface area contributed by atoms with Gasteiger partial charge < -0.3 is 10.4 Å². The Morgan fingerprint density at radius 1 is 1.29 bits per heavy atom. The Balaban J connectivity index is 2.46. The standard InChI is InChI=1S/C10H10Cl2F3NO/c11-7-2-1-6(8(12)3-7)4-16-5-9(17)10(13,14)15/h1-3,9,16-17H,4-5H2/t9-/m1/s1. The van der Waals surface area contributed by atoms with Crippen LogP contribution >= 0.6 is 23.2 Å². The summed E-state index contributed by atoms with van der Waals surface area (Å²) in [6, 6.07) is 4.70. The van der Waals surface area contributed by atoms with Crippen molar-refractivity contribution in [2.75, 3.05) is 6.54 Å². The van der Waals surface area contributed by atoms with Crippen LogP contribution in [0.2, 0.25) is 10.0 Å². The second-order valence-electron chi connectivity index (χ2n) is 3.42. The van der Waals surface area contributed by atoms with Crippen LogP contribution in [0.15, 0.2) is 18.2 Å². The number of benzene rings is 1. The van der Waals surface area contributed by atoms with E-state index in [1.807, 2.05) is 0 Å². The minimum absolute atomic E-state index is 0.128. The van der Waals surface area contributed by atoms with Crippen molar-refractivity contribution in [2.45, 2.75) is 18.8 Å². The quantitative estimate of drug-likeness (QED) is 0.892. The van der Waals surface area contributed by atoms with E-state index < -0.39 is 18.8 Å². The molecule has 0 bridgehead atoms. The summed E-state index contributed by atoms with van der Waals surface area (Å²) in [5.74, 6) is 0. The highest BCUT2D eigenvalue weighted by atomic mass is 35.5. The van der Waals surface area contributed by atoms with E-state index in [2.05, 4.69) is 5.32 Å². The first-order chi connectivity index (χ1) is 7.80. The van der Waals surface area contributed by atoms with E-state index in [-0.39, 0.29) is 6.54 Å². The fourth-order valence-electron chi connectivity index (χ4n) is 1.12. The van der Waals surface area contributed by atoms with E-state index in [1.54, 1.807) is 12.1 Å². The van der Waals surface area contributed by atoms with Crippen LogP contribution in [-0.2, 0) is 6.54 Å². The highest BCUT2D eigenvalue weighted by Crippen LogP contribution is 2.21. The summed E-state index contributed by atoms with van der Waals surface area (Å²) >= 11 is 11.5. The van der Waals surface area contributed by atoms with E-state index >= 15 is 0 Å². The molecule has 7 heteroatoms. The lowest BCUT2D eigenvalue weighted by Crippen LogP contribution is -2.38. The normalized spacial score (nSPS) is 13.8. The molecule has 17 heavy (non-hydrogen) atoms. The Morgan fingerprint density at radius 3 is 2.47 bits per heavy atom. The number of halogens is 5. The van der Waals surface area contributed by atoms with Gasteiger partial charge in [-0.25, -0.2) is 0 Å². The lowest BCUT2D eigenvalue weighted by molar-refractivity contribution is -0.201. The van der Waals surface area contributed by atoms with Crippen molar-refractivity contribution in [3.63, 3.8) is 0 Å². The summed E-state index contributed by atoms with van der Waals surface area (Å²) in [5.41, 5.74) is 0.616. The van der Waals surface area contributed by atoms with Crippen molar-refractivity contribution < 1.29 is 18.3 Å². The van der Waals surface area contributed by atoms with Crippen LogP contribution in [-0.4, -0.2) is 23.9 Å². The number of aliphatic hydroxyl groups is 1. The van der Waals surface area contributed by atoms with E-state index in [0.29, 0.717) is 15.6 Å². The second kappa shape index (κ2) is 5.91. The van der Waals surface area contributed by atoms with Crippen LogP contribution in [0.25, 0.3) is 0 Å². The van der Waals surface area contributed by atoms with E-state index in [1.165, 1.54) is 6.07 Å². The lowest BCUT2D eigenvalue weighted by atomic mass is 10.2. The third kappa shape index (κ3) is 4.71. The molecule has 0 saturated heterocycles. The van der Waals surface area contributed by atoms with Gasteiger partial charge in [0.05, 0.1) is 0 Å². The molecular formula is C10H10Cl2F3NO. The zero-order chi connectivity index (χ0) is 13.1. The Kier molecular flexibility index (Phi) is 5.06. The van der Waals surface area contributed by atoms with Crippen molar-refractivity contribution in [1.82, 2.24) is 5.32 Å². The minimum Gasteiger partial charge on any atom is -0.382 e. The van der Waals surface area contributed by atoms with Crippen molar-refractivity contribution in [3.05, 3.63) is 33.8 Å². The molecule has 2 nitrogen and oxygen atoms in total. The summed E-state index contributed by atoms with van der Waals surface area (Å²) in [4.78, 5) is 0. The molecule has 0 radical (unpaired) electrons. The molecule has 0 unspecified atom stereocenters. The van der Waals surface area contributed by atoms with Crippen LogP contribution < -0.4 is 5.32 Å². The zero-order valence-corrected chi connectivity index (χ0v) is 10.1. The number of aliphatic hydroxyl groups excluding tert-OH is 1. The van der Waals surface area contributed by atoms with Gasteiger partial charge in [0.15, 0.2) is 6.10 Å². The summed E-state index contributed by atoms with van der Waals surface area (Å²) < 4.78 is 35.9. The van der Waals surface area contributed by atoms with Gasteiger partial charge in [-0.15, -0.1) is 0 Å². The maximum absolute atomic E-state index is 12.0. The highest BCUT2D eigenvalue weighted by Gasteiger charge is 2.37. The Hall–Kier alpha value is -0.490. The number of hydrogen-bond donors (Lipinski definition) is 2. The average Bonchev–Trinajstić information content (AvgIpc) is 2.19. The first-order valence-electron chi connectivity index (χ1n) is 4.70. The molecule has 1 aromatic carbocycles. The first kappa shape index (κ1) is 14.6. The highest BCUT2D eigenvalue weighted by molar-refractivity contribution is 6.35. The van der Waals surface area contributed by atoms with Gasteiger partial charge in [0.1, 0.15) is 0 Å². The van der Waals surface area contributed by atoms with Gasteiger partial charge in [-0.05, 0) is 17.7 Å². The van der Waals surface area contributed by atoms with Crippen LogP contribution in [0.3, 0.4) is 0 Å². The van der Waals surface area contributed by atoms with Crippen LogP contribution in [0.4, 0.5) is 13.2 Å². The van der Waals surface area contributed by atoms with Gasteiger partial charge in [-0.2, -0.15) is 13.2 Å². The van der Waals surface area contributed by atoms with Crippen LogP contribution in [0.5, 0.6) is 0 Å². The zero-order valence-electron chi connectivity index (χ0n) is 8.56. The fraction of sp³-hybridized carbons (Fsp3) is 0.400. The van der Waals surface area contributed by atoms with E-state index in [0.717, 1.165) is 0 Å². The minimum atomic E-state index is -4.61. The third-order valence-electron chi connectivity index (χ3n) is 2.05.